The Morgan fingerprint density at radius 2 is 1.69 bits per heavy atom. The van der Waals surface area contributed by atoms with Gasteiger partial charge < -0.3 is 4.90 Å². The molecule has 0 aliphatic heterocycles. The van der Waals surface area contributed by atoms with Gasteiger partial charge in [-0.05, 0) is 56.2 Å². The molecule has 0 aliphatic carbocycles. The number of aromatic nitrogens is 1. The lowest BCUT2D eigenvalue weighted by Gasteiger charge is -2.23. The van der Waals surface area contributed by atoms with Gasteiger partial charge in [0.1, 0.15) is 0 Å². The summed E-state index contributed by atoms with van der Waals surface area (Å²) in [5.41, 5.74) is 4.05. The molecule has 0 saturated heterocycles. The van der Waals surface area contributed by atoms with Gasteiger partial charge in [0.15, 0.2) is 5.13 Å². The van der Waals surface area contributed by atoms with E-state index in [0.29, 0.717) is 10.0 Å². The van der Waals surface area contributed by atoms with Crippen molar-refractivity contribution in [1.29, 1.82) is 0 Å². The van der Waals surface area contributed by atoms with Crippen LogP contribution in [0.1, 0.15) is 23.8 Å². The summed E-state index contributed by atoms with van der Waals surface area (Å²) < 4.78 is 0. The minimum Gasteiger partial charge on any atom is -0.318 e. The molecule has 6 heteroatoms. The van der Waals surface area contributed by atoms with E-state index in [2.05, 4.69) is 25.7 Å². The smallest absolute Gasteiger partial charge is 0.190 e. The molecule has 1 heterocycles. The van der Waals surface area contributed by atoms with Crippen LogP contribution in [0.2, 0.25) is 15.1 Å². The molecule has 0 aliphatic rings. The normalized spacial score (nSPS) is 11.0. The third kappa shape index (κ3) is 4.01. The summed E-state index contributed by atoms with van der Waals surface area (Å²) in [6.07, 6.45) is 1.00. The molecule has 0 spiro atoms. The predicted molar refractivity (Wildman–Crippen MR) is 116 cm³/mol. The minimum atomic E-state index is 0.610. The quantitative estimate of drug-likeness (QED) is 0.412. The van der Waals surface area contributed by atoms with Crippen molar-refractivity contribution in [2.24, 2.45) is 0 Å². The fourth-order valence-corrected chi connectivity index (χ4v) is 4.47. The Balaban J connectivity index is 2.08. The maximum absolute atomic E-state index is 6.40. The molecule has 0 radical (unpaired) electrons. The SMILES string of the molecule is CCCN(c1nc(-c2ccc(Cl)cc2Cl)c(C)s1)c1cc(Cl)ccc1C. The van der Waals surface area contributed by atoms with E-state index in [0.717, 1.165) is 44.9 Å². The lowest BCUT2D eigenvalue weighted by Crippen LogP contribution is -2.18. The van der Waals surface area contributed by atoms with Gasteiger partial charge in [0.05, 0.1) is 10.7 Å². The molecule has 1 aromatic heterocycles. The van der Waals surface area contributed by atoms with Crippen molar-refractivity contribution < 1.29 is 0 Å². The van der Waals surface area contributed by atoms with E-state index in [9.17, 15) is 0 Å². The van der Waals surface area contributed by atoms with E-state index in [1.807, 2.05) is 30.3 Å². The van der Waals surface area contributed by atoms with Crippen molar-refractivity contribution in [1.82, 2.24) is 4.98 Å². The van der Waals surface area contributed by atoms with Crippen LogP contribution in [0.4, 0.5) is 10.8 Å². The highest BCUT2D eigenvalue weighted by Crippen LogP contribution is 2.40. The van der Waals surface area contributed by atoms with Crippen molar-refractivity contribution in [3.05, 3.63) is 61.9 Å². The van der Waals surface area contributed by atoms with Gasteiger partial charge in [-0.3, -0.25) is 0 Å². The number of nitrogens with zero attached hydrogens (tertiary/aromatic N) is 2. The number of anilines is 2. The maximum Gasteiger partial charge on any atom is 0.190 e. The van der Waals surface area contributed by atoms with Crippen LogP contribution in [0.5, 0.6) is 0 Å². The second-order valence-corrected chi connectivity index (χ2v) is 8.57. The molecule has 0 bridgehead atoms. The Kier molecular flexibility index (Phi) is 6.13. The molecule has 2 nitrogen and oxygen atoms in total. The molecular formula is C20H19Cl3N2S. The molecule has 0 amide bonds. The van der Waals surface area contributed by atoms with Crippen LogP contribution in [-0.2, 0) is 0 Å². The number of rotatable bonds is 5. The fraction of sp³-hybridized carbons (Fsp3) is 0.250. The number of thiazole rings is 1. The van der Waals surface area contributed by atoms with Crippen LogP contribution in [0.3, 0.4) is 0 Å². The van der Waals surface area contributed by atoms with Crippen LogP contribution in [0.15, 0.2) is 36.4 Å². The van der Waals surface area contributed by atoms with Gasteiger partial charge in [-0.1, -0.05) is 47.8 Å². The lowest BCUT2D eigenvalue weighted by atomic mass is 10.1. The summed E-state index contributed by atoms with van der Waals surface area (Å²) in [7, 11) is 0. The highest BCUT2D eigenvalue weighted by molar-refractivity contribution is 7.16. The molecule has 3 rings (SSSR count). The van der Waals surface area contributed by atoms with Crippen molar-refractivity contribution in [3.8, 4) is 11.3 Å². The van der Waals surface area contributed by atoms with Crippen LogP contribution < -0.4 is 4.90 Å². The first kappa shape index (κ1) is 19.5. The largest absolute Gasteiger partial charge is 0.318 e. The molecule has 3 aromatic rings. The number of halogens is 3. The summed E-state index contributed by atoms with van der Waals surface area (Å²) >= 11 is 20.3. The Hall–Kier alpha value is -1.26. The molecular weight excluding hydrogens is 407 g/mol. The second kappa shape index (κ2) is 8.18. The van der Waals surface area contributed by atoms with Gasteiger partial charge in [0.25, 0.3) is 0 Å². The van der Waals surface area contributed by atoms with Crippen LogP contribution >= 0.6 is 46.1 Å². The molecule has 136 valence electrons. The lowest BCUT2D eigenvalue weighted by molar-refractivity contribution is 0.878. The van der Waals surface area contributed by atoms with E-state index in [1.165, 1.54) is 5.56 Å². The minimum absolute atomic E-state index is 0.610. The molecule has 26 heavy (non-hydrogen) atoms. The van der Waals surface area contributed by atoms with E-state index in [4.69, 9.17) is 39.8 Å². The molecule has 0 fully saturated rings. The van der Waals surface area contributed by atoms with Gasteiger partial charge in [0.2, 0.25) is 0 Å². The molecule has 2 aromatic carbocycles. The first-order valence-corrected chi connectivity index (χ1v) is 10.3. The Morgan fingerprint density at radius 3 is 2.38 bits per heavy atom. The highest BCUT2D eigenvalue weighted by atomic mass is 35.5. The summed E-state index contributed by atoms with van der Waals surface area (Å²) in [5, 5.41) is 2.89. The first-order valence-electron chi connectivity index (χ1n) is 8.37. The molecule has 0 atom stereocenters. The molecule has 0 unspecified atom stereocenters. The van der Waals surface area contributed by atoms with Crippen LogP contribution in [0, 0.1) is 13.8 Å². The van der Waals surface area contributed by atoms with Gasteiger partial charge in [0, 0.05) is 32.7 Å². The van der Waals surface area contributed by atoms with E-state index in [-0.39, 0.29) is 0 Å². The van der Waals surface area contributed by atoms with Crippen molar-refractivity contribution in [2.45, 2.75) is 27.2 Å². The zero-order chi connectivity index (χ0) is 18.8. The number of hydrogen-bond donors (Lipinski definition) is 0. The summed E-state index contributed by atoms with van der Waals surface area (Å²) in [6, 6.07) is 11.5. The number of aryl methyl sites for hydroxylation is 2. The van der Waals surface area contributed by atoms with E-state index in [1.54, 1.807) is 17.4 Å². The average molecular weight is 426 g/mol. The molecule has 0 N–H and O–H groups in total. The highest BCUT2D eigenvalue weighted by Gasteiger charge is 2.19. The van der Waals surface area contributed by atoms with Gasteiger partial charge >= 0.3 is 0 Å². The van der Waals surface area contributed by atoms with Gasteiger partial charge in [-0.2, -0.15) is 0 Å². The third-order valence-corrected chi connectivity index (χ3v) is 5.89. The monoisotopic (exact) mass is 424 g/mol. The average Bonchev–Trinajstić information content (AvgIpc) is 2.96. The Bertz CT molecular complexity index is 937. The number of benzene rings is 2. The van der Waals surface area contributed by atoms with Crippen LogP contribution in [0.25, 0.3) is 11.3 Å². The fourth-order valence-electron chi connectivity index (χ4n) is 2.85. The summed E-state index contributed by atoms with van der Waals surface area (Å²) in [6.45, 7) is 7.17. The van der Waals surface area contributed by atoms with Crippen LogP contribution in [-0.4, -0.2) is 11.5 Å². The standard InChI is InChI=1S/C20H19Cl3N2S/c1-4-9-25(18-11-15(22)6-5-12(18)2)20-24-19(13(3)26-20)16-8-7-14(21)10-17(16)23/h5-8,10-11H,4,9H2,1-3H3. The Labute approximate surface area is 173 Å². The number of hydrogen-bond acceptors (Lipinski definition) is 3. The summed E-state index contributed by atoms with van der Waals surface area (Å²) in [5.74, 6) is 0. The summed E-state index contributed by atoms with van der Waals surface area (Å²) in [4.78, 5) is 8.25. The van der Waals surface area contributed by atoms with E-state index < -0.39 is 0 Å². The molecule has 0 saturated carbocycles. The van der Waals surface area contributed by atoms with Crippen molar-refractivity contribution in [3.63, 3.8) is 0 Å². The van der Waals surface area contributed by atoms with Crippen molar-refractivity contribution in [2.75, 3.05) is 11.4 Å². The van der Waals surface area contributed by atoms with E-state index >= 15 is 0 Å². The zero-order valence-corrected chi connectivity index (χ0v) is 17.9. The van der Waals surface area contributed by atoms with Crippen molar-refractivity contribution >= 4 is 57.0 Å². The predicted octanol–water partition coefficient (Wildman–Crippen LogP) is 7.94. The van der Waals surface area contributed by atoms with Gasteiger partial charge in [-0.25, -0.2) is 4.98 Å². The zero-order valence-electron chi connectivity index (χ0n) is 14.8. The Morgan fingerprint density at radius 1 is 1.00 bits per heavy atom. The third-order valence-electron chi connectivity index (χ3n) is 4.11. The topological polar surface area (TPSA) is 16.1 Å². The second-order valence-electron chi connectivity index (χ2n) is 6.11. The first-order chi connectivity index (χ1) is 12.4. The van der Waals surface area contributed by atoms with Gasteiger partial charge in [-0.15, -0.1) is 11.3 Å². The maximum atomic E-state index is 6.40.